The first-order chi connectivity index (χ1) is 11.1. The third kappa shape index (κ3) is 3.66. The van der Waals surface area contributed by atoms with Crippen LogP contribution in [-0.4, -0.2) is 9.97 Å². The van der Waals surface area contributed by atoms with E-state index in [-0.39, 0.29) is 12.2 Å². The molecule has 0 bridgehead atoms. The lowest BCUT2D eigenvalue weighted by atomic mass is 10.0. The highest BCUT2D eigenvalue weighted by Gasteiger charge is 2.08. The average Bonchev–Trinajstić information content (AvgIpc) is 2.55. The van der Waals surface area contributed by atoms with Crippen molar-refractivity contribution in [3.8, 4) is 5.75 Å². The first-order valence-electron chi connectivity index (χ1n) is 7.33. The van der Waals surface area contributed by atoms with Crippen LogP contribution in [-0.2, 0) is 6.61 Å². The van der Waals surface area contributed by atoms with Crippen LogP contribution < -0.4 is 10.3 Å². The predicted octanol–water partition coefficient (Wildman–Crippen LogP) is 3.89. The molecule has 2 rings (SSSR count). The molecule has 1 aromatic carbocycles. The van der Waals surface area contributed by atoms with Gasteiger partial charge in [-0.05, 0) is 25.5 Å². The lowest BCUT2D eigenvalue weighted by Crippen LogP contribution is -2.17. The maximum atomic E-state index is 11.9. The van der Waals surface area contributed by atoms with E-state index >= 15 is 0 Å². The SMILES string of the molecule is C=C/C(=C\C)c1ccccc1OCc1nc(C)c(C=C)c(=O)[nH]1. The summed E-state index contributed by atoms with van der Waals surface area (Å²) in [6.07, 6.45) is 5.26. The lowest BCUT2D eigenvalue weighted by Gasteiger charge is -2.12. The maximum Gasteiger partial charge on any atom is 0.258 e. The van der Waals surface area contributed by atoms with Gasteiger partial charge in [0, 0.05) is 5.56 Å². The van der Waals surface area contributed by atoms with Crippen LogP contribution >= 0.6 is 0 Å². The van der Waals surface area contributed by atoms with Gasteiger partial charge in [0.2, 0.25) is 0 Å². The van der Waals surface area contributed by atoms with Crippen LogP contribution in [0.25, 0.3) is 11.6 Å². The predicted molar refractivity (Wildman–Crippen MR) is 94.3 cm³/mol. The molecule has 4 nitrogen and oxygen atoms in total. The number of ether oxygens (including phenoxy) is 1. The molecule has 0 aliphatic rings. The second-order valence-corrected chi connectivity index (χ2v) is 4.95. The van der Waals surface area contributed by atoms with E-state index in [2.05, 4.69) is 23.1 Å². The molecule has 0 aliphatic carbocycles. The van der Waals surface area contributed by atoms with Crippen LogP contribution in [0.4, 0.5) is 0 Å². The fraction of sp³-hybridized carbons (Fsp3) is 0.158. The minimum absolute atomic E-state index is 0.179. The van der Waals surface area contributed by atoms with E-state index < -0.39 is 0 Å². The van der Waals surface area contributed by atoms with Crippen molar-refractivity contribution in [2.24, 2.45) is 0 Å². The van der Waals surface area contributed by atoms with Crippen molar-refractivity contribution in [1.29, 1.82) is 0 Å². The molecule has 118 valence electrons. The van der Waals surface area contributed by atoms with E-state index in [9.17, 15) is 4.79 Å². The van der Waals surface area contributed by atoms with Crippen molar-refractivity contribution in [1.82, 2.24) is 9.97 Å². The van der Waals surface area contributed by atoms with E-state index in [1.54, 1.807) is 13.0 Å². The van der Waals surface area contributed by atoms with Gasteiger partial charge in [-0.2, -0.15) is 0 Å². The van der Waals surface area contributed by atoms with Crippen LogP contribution in [0.3, 0.4) is 0 Å². The maximum absolute atomic E-state index is 11.9. The number of H-pyrrole nitrogens is 1. The van der Waals surface area contributed by atoms with Gasteiger partial charge in [-0.3, -0.25) is 4.79 Å². The zero-order valence-corrected chi connectivity index (χ0v) is 13.4. The topological polar surface area (TPSA) is 55.0 Å². The lowest BCUT2D eigenvalue weighted by molar-refractivity contribution is 0.294. The van der Waals surface area contributed by atoms with Gasteiger partial charge in [0.25, 0.3) is 5.56 Å². The number of para-hydroxylation sites is 1. The largest absolute Gasteiger partial charge is 0.485 e. The third-order valence-corrected chi connectivity index (χ3v) is 3.49. The third-order valence-electron chi connectivity index (χ3n) is 3.49. The highest BCUT2D eigenvalue weighted by atomic mass is 16.5. The van der Waals surface area contributed by atoms with Crippen LogP contribution in [0, 0.1) is 6.92 Å². The number of benzene rings is 1. The summed E-state index contributed by atoms with van der Waals surface area (Å²) >= 11 is 0. The molecule has 2 aromatic rings. The second-order valence-electron chi connectivity index (χ2n) is 4.95. The Kier molecular flexibility index (Phi) is 5.31. The molecule has 1 heterocycles. The van der Waals surface area contributed by atoms with Crippen molar-refractivity contribution in [2.75, 3.05) is 0 Å². The molecule has 23 heavy (non-hydrogen) atoms. The van der Waals surface area contributed by atoms with Gasteiger partial charge in [-0.15, -0.1) is 0 Å². The number of allylic oxidation sites excluding steroid dienone is 3. The van der Waals surface area contributed by atoms with Gasteiger partial charge in [0.05, 0.1) is 11.3 Å². The van der Waals surface area contributed by atoms with Crippen molar-refractivity contribution in [3.05, 3.63) is 82.6 Å². The molecule has 0 aliphatic heterocycles. The Labute approximate surface area is 135 Å². The number of aryl methyl sites for hydroxylation is 1. The molecule has 1 N–H and O–H groups in total. The number of aromatic amines is 1. The molecule has 0 fully saturated rings. The summed E-state index contributed by atoms with van der Waals surface area (Å²) in [4.78, 5) is 19.0. The molecule has 0 saturated heterocycles. The summed E-state index contributed by atoms with van der Waals surface area (Å²) in [5, 5.41) is 0. The number of hydrogen-bond donors (Lipinski definition) is 1. The van der Waals surface area contributed by atoms with Crippen molar-refractivity contribution in [2.45, 2.75) is 20.5 Å². The molecular formula is C19H20N2O2. The Balaban J connectivity index is 2.27. The summed E-state index contributed by atoms with van der Waals surface area (Å²) in [6.45, 7) is 11.3. The molecule has 0 radical (unpaired) electrons. The summed E-state index contributed by atoms with van der Waals surface area (Å²) in [5.74, 6) is 1.20. The Morgan fingerprint density at radius 3 is 2.70 bits per heavy atom. The molecule has 1 aromatic heterocycles. The molecule has 0 spiro atoms. The molecule has 0 saturated carbocycles. The molecule has 0 atom stereocenters. The van der Waals surface area contributed by atoms with Crippen LogP contribution in [0.15, 0.2) is 54.4 Å². The zero-order chi connectivity index (χ0) is 16.8. The van der Waals surface area contributed by atoms with E-state index in [1.807, 2.05) is 37.3 Å². The summed E-state index contributed by atoms with van der Waals surface area (Å²) in [7, 11) is 0. The van der Waals surface area contributed by atoms with Crippen molar-refractivity contribution in [3.63, 3.8) is 0 Å². The van der Waals surface area contributed by atoms with Gasteiger partial charge in [-0.1, -0.05) is 49.6 Å². The average molecular weight is 308 g/mol. The smallest absolute Gasteiger partial charge is 0.258 e. The molecule has 0 unspecified atom stereocenters. The number of hydrogen-bond acceptors (Lipinski definition) is 3. The standard InChI is InChI=1S/C19H20N2O2/c1-5-14(6-2)16-10-8-9-11-17(16)23-12-18-20-13(4)15(7-3)19(22)21-18/h5-11H,1,3,12H2,2,4H3,(H,20,21,22)/b14-6+. The highest BCUT2D eigenvalue weighted by Crippen LogP contribution is 2.27. The summed E-state index contributed by atoms with van der Waals surface area (Å²) < 4.78 is 5.84. The van der Waals surface area contributed by atoms with Crippen molar-refractivity contribution < 1.29 is 4.74 Å². The summed E-state index contributed by atoms with van der Waals surface area (Å²) in [5.41, 5.74) is 2.85. The van der Waals surface area contributed by atoms with Gasteiger partial charge in [0.1, 0.15) is 18.2 Å². The Morgan fingerprint density at radius 1 is 1.35 bits per heavy atom. The quantitative estimate of drug-likeness (QED) is 0.824. The fourth-order valence-electron chi connectivity index (χ4n) is 2.32. The first-order valence-corrected chi connectivity index (χ1v) is 7.33. The van der Waals surface area contributed by atoms with Gasteiger partial charge >= 0.3 is 0 Å². The van der Waals surface area contributed by atoms with Crippen LogP contribution in [0.5, 0.6) is 5.75 Å². The molecular weight excluding hydrogens is 288 g/mol. The van der Waals surface area contributed by atoms with Crippen LogP contribution in [0.1, 0.15) is 29.6 Å². The van der Waals surface area contributed by atoms with E-state index in [0.29, 0.717) is 22.8 Å². The number of nitrogens with one attached hydrogen (secondary N) is 1. The van der Waals surface area contributed by atoms with E-state index in [1.165, 1.54) is 6.08 Å². The fourth-order valence-corrected chi connectivity index (χ4v) is 2.32. The van der Waals surface area contributed by atoms with Gasteiger partial charge < -0.3 is 9.72 Å². The highest BCUT2D eigenvalue weighted by molar-refractivity contribution is 5.77. The Morgan fingerprint density at radius 2 is 2.09 bits per heavy atom. The number of rotatable bonds is 6. The van der Waals surface area contributed by atoms with Crippen molar-refractivity contribution >= 4 is 11.6 Å². The monoisotopic (exact) mass is 308 g/mol. The van der Waals surface area contributed by atoms with Gasteiger partial charge in [-0.25, -0.2) is 4.98 Å². The van der Waals surface area contributed by atoms with E-state index in [4.69, 9.17) is 4.74 Å². The van der Waals surface area contributed by atoms with E-state index in [0.717, 1.165) is 11.1 Å². The minimum atomic E-state index is -0.209. The second kappa shape index (κ2) is 7.40. The Bertz CT molecular complexity index is 816. The minimum Gasteiger partial charge on any atom is -0.485 e. The molecule has 0 amide bonds. The van der Waals surface area contributed by atoms with Gasteiger partial charge in [0.15, 0.2) is 0 Å². The number of aromatic nitrogens is 2. The normalized spacial score (nSPS) is 11.1. The first kappa shape index (κ1) is 16.5. The molecule has 4 heteroatoms. The van der Waals surface area contributed by atoms with Crippen LogP contribution in [0.2, 0.25) is 0 Å². The Hall–Kier alpha value is -2.88. The number of nitrogens with zero attached hydrogens (tertiary/aromatic N) is 1. The summed E-state index contributed by atoms with van der Waals surface area (Å²) in [6, 6.07) is 7.69. The zero-order valence-electron chi connectivity index (χ0n) is 13.4.